The molecule has 0 radical (unpaired) electrons. The fourth-order valence-electron chi connectivity index (χ4n) is 4.34. The monoisotopic (exact) mass is 509 g/mol. The molecule has 37 heavy (non-hydrogen) atoms. The minimum absolute atomic E-state index is 0.161. The SMILES string of the molecule is Cc1nc(C(=O)N(Cc2ccccc2)[C@H](C)CNC(=O)c2cccc3occc23)c(-c2ccccc2)s1. The van der Waals surface area contributed by atoms with E-state index in [0.717, 1.165) is 26.4 Å². The third kappa shape index (κ3) is 5.32. The van der Waals surface area contributed by atoms with Crippen LogP contribution in [0.5, 0.6) is 0 Å². The van der Waals surface area contributed by atoms with Gasteiger partial charge in [0.1, 0.15) is 11.3 Å². The molecular weight excluding hydrogens is 482 g/mol. The van der Waals surface area contributed by atoms with Crippen LogP contribution in [0, 0.1) is 6.92 Å². The van der Waals surface area contributed by atoms with Crippen molar-refractivity contribution in [3.05, 3.63) is 113 Å². The topological polar surface area (TPSA) is 75.4 Å². The van der Waals surface area contributed by atoms with Crippen LogP contribution in [0.15, 0.2) is 95.6 Å². The molecule has 2 heterocycles. The van der Waals surface area contributed by atoms with Crippen LogP contribution in [-0.4, -0.2) is 34.3 Å². The number of hydrogen-bond donors (Lipinski definition) is 1. The van der Waals surface area contributed by atoms with Crippen molar-refractivity contribution < 1.29 is 14.0 Å². The summed E-state index contributed by atoms with van der Waals surface area (Å²) >= 11 is 1.51. The number of benzene rings is 3. The van der Waals surface area contributed by atoms with Crippen molar-refractivity contribution in [1.29, 1.82) is 0 Å². The Morgan fingerprint density at radius 1 is 0.973 bits per heavy atom. The lowest BCUT2D eigenvalue weighted by Gasteiger charge is -2.29. The number of rotatable bonds is 8. The highest BCUT2D eigenvalue weighted by Crippen LogP contribution is 2.31. The number of nitrogens with one attached hydrogen (secondary N) is 1. The quantitative estimate of drug-likeness (QED) is 0.265. The van der Waals surface area contributed by atoms with Crippen molar-refractivity contribution >= 4 is 34.1 Å². The molecule has 5 aromatic rings. The van der Waals surface area contributed by atoms with E-state index < -0.39 is 0 Å². The Balaban J connectivity index is 1.41. The van der Waals surface area contributed by atoms with Crippen LogP contribution in [0.4, 0.5) is 0 Å². The van der Waals surface area contributed by atoms with E-state index in [0.29, 0.717) is 23.4 Å². The zero-order chi connectivity index (χ0) is 25.8. The maximum atomic E-state index is 14.0. The first-order valence-corrected chi connectivity index (χ1v) is 12.9. The summed E-state index contributed by atoms with van der Waals surface area (Å²) in [4.78, 5) is 34.3. The molecular formula is C30H27N3O3S. The van der Waals surface area contributed by atoms with Crippen LogP contribution in [0.2, 0.25) is 0 Å². The summed E-state index contributed by atoms with van der Waals surface area (Å²) in [5, 5.41) is 4.60. The van der Waals surface area contributed by atoms with Crippen molar-refractivity contribution in [2.75, 3.05) is 6.54 Å². The van der Waals surface area contributed by atoms with E-state index in [9.17, 15) is 9.59 Å². The summed E-state index contributed by atoms with van der Waals surface area (Å²) in [6.45, 7) is 4.55. The van der Waals surface area contributed by atoms with Gasteiger partial charge in [-0.1, -0.05) is 66.7 Å². The van der Waals surface area contributed by atoms with E-state index in [1.165, 1.54) is 11.3 Å². The van der Waals surface area contributed by atoms with Gasteiger partial charge in [-0.2, -0.15) is 0 Å². The molecule has 1 atom stereocenters. The van der Waals surface area contributed by atoms with Crippen LogP contribution < -0.4 is 5.32 Å². The number of fused-ring (bicyclic) bond motifs is 1. The van der Waals surface area contributed by atoms with Crippen LogP contribution in [0.1, 0.15) is 38.3 Å². The second-order valence-electron chi connectivity index (χ2n) is 8.89. The largest absolute Gasteiger partial charge is 0.464 e. The molecule has 186 valence electrons. The first-order chi connectivity index (χ1) is 18.0. The van der Waals surface area contributed by atoms with Gasteiger partial charge in [0.15, 0.2) is 0 Å². The molecule has 0 aliphatic heterocycles. The summed E-state index contributed by atoms with van der Waals surface area (Å²) in [6.07, 6.45) is 1.57. The maximum Gasteiger partial charge on any atom is 0.274 e. The van der Waals surface area contributed by atoms with E-state index >= 15 is 0 Å². The molecule has 5 rings (SSSR count). The number of thiazole rings is 1. The molecule has 0 saturated heterocycles. The molecule has 2 aromatic heterocycles. The number of aryl methyl sites for hydroxylation is 1. The zero-order valence-corrected chi connectivity index (χ0v) is 21.5. The highest BCUT2D eigenvalue weighted by Gasteiger charge is 2.28. The lowest BCUT2D eigenvalue weighted by Crippen LogP contribution is -2.45. The normalized spacial score (nSPS) is 11.8. The molecule has 3 aromatic carbocycles. The first kappa shape index (κ1) is 24.5. The molecule has 0 fully saturated rings. The van der Waals surface area contributed by atoms with Crippen LogP contribution in [0.3, 0.4) is 0 Å². The van der Waals surface area contributed by atoms with Crippen LogP contribution in [0.25, 0.3) is 21.4 Å². The molecule has 6 nitrogen and oxygen atoms in total. The second-order valence-corrected chi connectivity index (χ2v) is 10.1. The summed E-state index contributed by atoms with van der Waals surface area (Å²) in [5.74, 6) is -0.369. The smallest absolute Gasteiger partial charge is 0.274 e. The molecule has 0 unspecified atom stereocenters. The Bertz CT molecular complexity index is 1530. The molecule has 1 N–H and O–H groups in total. The summed E-state index contributed by atoms with van der Waals surface area (Å²) in [6, 6.07) is 26.6. The van der Waals surface area contributed by atoms with Gasteiger partial charge in [0.05, 0.1) is 21.7 Å². The van der Waals surface area contributed by atoms with Gasteiger partial charge in [0.25, 0.3) is 11.8 Å². The van der Waals surface area contributed by atoms with E-state index in [-0.39, 0.29) is 24.4 Å². The highest BCUT2D eigenvalue weighted by molar-refractivity contribution is 7.15. The van der Waals surface area contributed by atoms with Gasteiger partial charge in [-0.05, 0) is 43.2 Å². The molecule has 7 heteroatoms. The fraction of sp³-hybridized carbons (Fsp3) is 0.167. The Kier molecular flexibility index (Phi) is 7.14. The van der Waals surface area contributed by atoms with E-state index in [4.69, 9.17) is 4.42 Å². The van der Waals surface area contributed by atoms with Crippen molar-refractivity contribution in [2.45, 2.75) is 26.4 Å². The third-order valence-electron chi connectivity index (χ3n) is 6.26. The average molecular weight is 510 g/mol. The zero-order valence-electron chi connectivity index (χ0n) is 20.7. The number of hydrogen-bond acceptors (Lipinski definition) is 5. The second kappa shape index (κ2) is 10.8. The van der Waals surface area contributed by atoms with Gasteiger partial charge in [0.2, 0.25) is 0 Å². The number of carbonyl (C=O) groups excluding carboxylic acids is 2. The number of nitrogens with zero attached hydrogens (tertiary/aromatic N) is 2. The lowest BCUT2D eigenvalue weighted by molar-refractivity contribution is 0.0660. The molecule has 0 spiro atoms. The van der Waals surface area contributed by atoms with E-state index in [1.807, 2.05) is 80.6 Å². The predicted octanol–water partition coefficient (Wildman–Crippen LogP) is 6.33. The number of amides is 2. The first-order valence-electron chi connectivity index (χ1n) is 12.1. The van der Waals surface area contributed by atoms with Crippen molar-refractivity contribution in [3.63, 3.8) is 0 Å². The third-order valence-corrected chi connectivity index (χ3v) is 7.28. The Morgan fingerprint density at radius 3 is 2.46 bits per heavy atom. The summed E-state index contributed by atoms with van der Waals surface area (Å²) < 4.78 is 5.43. The highest BCUT2D eigenvalue weighted by atomic mass is 32.1. The molecule has 0 bridgehead atoms. The van der Waals surface area contributed by atoms with E-state index in [2.05, 4.69) is 10.3 Å². The molecule has 0 aliphatic rings. The van der Waals surface area contributed by atoms with Crippen LogP contribution >= 0.6 is 11.3 Å². The van der Waals surface area contributed by atoms with Crippen molar-refractivity contribution in [1.82, 2.24) is 15.2 Å². The van der Waals surface area contributed by atoms with Crippen molar-refractivity contribution in [3.8, 4) is 10.4 Å². The predicted molar refractivity (Wildman–Crippen MR) is 147 cm³/mol. The van der Waals surface area contributed by atoms with Gasteiger partial charge < -0.3 is 14.6 Å². The summed E-state index contributed by atoms with van der Waals surface area (Å²) in [5.41, 5.74) is 3.61. The number of carbonyl (C=O) groups is 2. The number of furan rings is 1. The van der Waals surface area contributed by atoms with Gasteiger partial charge in [-0.25, -0.2) is 4.98 Å². The van der Waals surface area contributed by atoms with E-state index in [1.54, 1.807) is 29.4 Å². The van der Waals surface area contributed by atoms with Gasteiger partial charge >= 0.3 is 0 Å². The Labute approximate surface area is 219 Å². The minimum Gasteiger partial charge on any atom is -0.464 e. The molecule has 0 saturated carbocycles. The molecule has 2 amide bonds. The Morgan fingerprint density at radius 2 is 1.70 bits per heavy atom. The number of aromatic nitrogens is 1. The minimum atomic E-state index is -0.286. The summed E-state index contributed by atoms with van der Waals surface area (Å²) in [7, 11) is 0. The standard InChI is InChI=1S/C30H27N3O3S/c1-20(18-31-29(34)25-14-9-15-26-24(25)16-17-36-26)33(19-22-10-5-3-6-11-22)30(35)27-28(37-21(2)32-27)23-12-7-4-8-13-23/h3-17,20H,18-19H2,1-2H3,(H,31,34)/t20-/m1/s1. The van der Waals surface area contributed by atoms with Gasteiger partial charge in [-0.3, -0.25) is 9.59 Å². The Hall–Kier alpha value is -4.23. The lowest BCUT2D eigenvalue weighted by atomic mass is 10.1. The van der Waals surface area contributed by atoms with Crippen molar-refractivity contribution in [2.24, 2.45) is 0 Å². The van der Waals surface area contributed by atoms with Crippen LogP contribution in [-0.2, 0) is 6.54 Å². The van der Waals surface area contributed by atoms with Gasteiger partial charge in [-0.15, -0.1) is 11.3 Å². The average Bonchev–Trinajstić information content (AvgIpc) is 3.57. The maximum absolute atomic E-state index is 14.0. The van der Waals surface area contributed by atoms with Gasteiger partial charge in [0, 0.05) is 24.5 Å². The molecule has 0 aliphatic carbocycles. The fourth-order valence-corrected chi connectivity index (χ4v) is 5.25.